The van der Waals surface area contributed by atoms with E-state index in [-0.39, 0.29) is 11.7 Å². The minimum atomic E-state index is -0.264. The standard InChI is InChI=1S/C13H18FNO/c1-4-6-13(16)15(5-2)11-8-7-10(3)12(14)9-11/h7-9H,4-6H2,1-3H3. The first kappa shape index (κ1) is 12.7. The smallest absolute Gasteiger partial charge is 0.226 e. The Bertz CT molecular complexity index is 376. The van der Waals surface area contributed by atoms with E-state index in [0.29, 0.717) is 24.2 Å². The number of hydrogen-bond acceptors (Lipinski definition) is 1. The molecule has 0 spiro atoms. The first-order valence-corrected chi connectivity index (χ1v) is 5.66. The van der Waals surface area contributed by atoms with E-state index in [1.807, 2.05) is 13.8 Å². The predicted octanol–water partition coefficient (Wildman–Crippen LogP) is 3.29. The highest BCUT2D eigenvalue weighted by molar-refractivity contribution is 5.93. The van der Waals surface area contributed by atoms with Crippen LogP contribution in [0.3, 0.4) is 0 Å². The summed E-state index contributed by atoms with van der Waals surface area (Å²) < 4.78 is 13.4. The molecule has 3 heteroatoms. The summed E-state index contributed by atoms with van der Waals surface area (Å²) in [5.74, 6) is -0.214. The van der Waals surface area contributed by atoms with Gasteiger partial charge in [-0.15, -0.1) is 0 Å². The number of aryl methyl sites for hydroxylation is 1. The molecule has 1 aromatic carbocycles. The average molecular weight is 223 g/mol. The molecule has 0 aliphatic heterocycles. The van der Waals surface area contributed by atoms with Gasteiger partial charge in [0.1, 0.15) is 5.82 Å². The molecule has 2 nitrogen and oxygen atoms in total. The zero-order chi connectivity index (χ0) is 12.1. The Hall–Kier alpha value is -1.38. The van der Waals surface area contributed by atoms with Crippen molar-refractivity contribution in [3.8, 4) is 0 Å². The highest BCUT2D eigenvalue weighted by Gasteiger charge is 2.13. The maximum Gasteiger partial charge on any atom is 0.226 e. The third-order valence-corrected chi connectivity index (χ3v) is 2.55. The highest BCUT2D eigenvalue weighted by atomic mass is 19.1. The van der Waals surface area contributed by atoms with Gasteiger partial charge < -0.3 is 4.90 Å². The van der Waals surface area contributed by atoms with Crippen molar-refractivity contribution in [2.45, 2.75) is 33.6 Å². The molecule has 0 bridgehead atoms. The van der Waals surface area contributed by atoms with Gasteiger partial charge in [-0.25, -0.2) is 4.39 Å². The maximum absolute atomic E-state index is 13.4. The Kier molecular flexibility index (Phi) is 4.47. The van der Waals surface area contributed by atoms with Crippen LogP contribution in [0.15, 0.2) is 18.2 Å². The average Bonchev–Trinajstić information content (AvgIpc) is 2.25. The number of amides is 1. The number of nitrogens with zero attached hydrogens (tertiary/aromatic N) is 1. The lowest BCUT2D eigenvalue weighted by Crippen LogP contribution is -2.30. The summed E-state index contributed by atoms with van der Waals surface area (Å²) in [7, 11) is 0. The van der Waals surface area contributed by atoms with Gasteiger partial charge in [0.2, 0.25) is 5.91 Å². The zero-order valence-electron chi connectivity index (χ0n) is 10.1. The van der Waals surface area contributed by atoms with Gasteiger partial charge in [-0.1, -0.05) is 13.0 Å². The second-order valence-corrected chi connectivity index (χ2v) is 3.82. The van der Waals surface area contributed by atoms with Crippen LogP contribution in [0.5, 0.6) is 0 Å². The van der Waals surface area contributed by atoms with Crippen LogP contribution < -0.4 is 4.90 Å². The topological polar surface area (TPSA) is 20.3 Å². The minimum absolute atomic E-state index is 0.0493. The van der Waals surface area contributed by atoms with Crippen LogP contribution >= 0.6 is 0 Å². The normalized spacial score (nSPS) is 10.2. The first-order chi connectivity index (χ1) is 7.60. The molecule has 1 rings (SSSR count). The zero-order valence-corrected chi connectivity index (χ0v) is 10.1. The van der Waals surface area contributed by atoms with Gasteiger partial charge in [-0.2, -0.15) is 0 Å². The SMILES string of the molecule is CCCC(=O)N(CC)c1ccc(C)c(F)c1. The lowest BCUT2D eigenvalue weighted by molar-refractivity contribution is -0.118. The third kappa shape index (κ3) is 2.81. The molecule has 0 radical (unpaired) electrons. The van der Waals surface area contributed by atoms with Crippen LogP contribution in [-0.2, 0) is 4.79 Å². The van der Waals surface area contributed by atoms with Crippen molar-refractivity contribution >= 4 is 11.6 Å². The predicted molar refractivity (Wildman–Crippen MR) is 64.1 cm³/mol. The summed E-state index contributed by atoms with van der Waals surface area (Å²) in [6.45, 7) is 6.14. The van der Waals surface area contributed by atoms with Crippen molar-refractivity contribution in [1.82, 2.24) is 0 Å². The molecular weight excluding hydrogens is 205 g/mol. The molecule has 1 amide bonds. The summed E-state index contributed by atoms with van der Waals surface area (Å²) >= 11 is 0. The molecule has 1 aromatic rings. The van der Waals surface area contributed by atoms with Crippen LogP contribution in [0.4, 0.5) is 10.1 Å². The van der Waals surface area contributed by atoms with E-state index in [2.05, 4.69) is 0 Å². The minimum Gasteiger partial charge on any atom is -0.313 e. The van der Waals surface area contributed by atoms with E-state index in [9.17, 15) is 9.18 Å². The van der Waals surface area contributed by atoms with Crippen molar-refractivity contribution in [1.29, 1.82) is 0 Å². The molecule has 0 atom stereocenters. The Morgan fingerprint density at radius 2 is 2.06 bits per heavy atom. The molecule has 16 heavy (non-hydrogen) atoms. The molecule has 0 aliphatic rings. The monoisotopic (exact) mass is 223 g/mol. The van der Waals surface area contributed by atoms with E-state index in [4.69, 9.17) is 0 Å². The van der Waals surface area contributed by atoms with Gasteiger partial charge >= 0.3 is 0 Å². The van der Waals surface area contributed by atoms with Crippen LogP contribution in [0, 0.1) is 12.7 Å². The fraction of sp³-hybridized carbons (Fsp3) is 0.462. The molecule has 0 saturated carbocycles. The van der Waals surface area contributed by atoms with Gasteiger partial charge in [0, 0.05) is 18.7 Å². The Morgan fingerprint density at radius 3 is 2.56 bits per heavy atom. The fourth-order valence-corrected chi connectivity index (χ4v) is 1.60. The number of carbonyl (C=O) groups is 1. The van der Waals surface area contributed by atoms with Crippen LogP contribution in [0.1, 0.15) is 32.3 Å². The van der Waals surface area contributed by atoms with E-state index >= 15 is 0 Å². The van der Waals surface area contributed by atoms with Crippen molar-refractivity contribution in [3.63, 3.8) is 0 Å². The summed E-state index contributed by atoms with van der Waals surface area (Å²) in [5, 5.41) is 0. The number of carbonyl (C=O) groups excluding carboxylic acids is 1. The number of rotatable bonds is 4. The van der Waals surface area contributed by atoms with Crippen LogP contribution in [-0.4, -0.2) is 12.5 Å². The summed E-state index contributed by atoms with van der Waals surface area (Å²) in [4.78, 5) is 13.4. The summed E-state index contributed by atoms with van der Waals surface area (Å²) in [6.07, 6.45) is 1.31. The van der Waals surface area contributed by atoms with Crippen molar-refractivity contribution in [3.05, 3.63) is 29.6 Å². The molecule has 0 heterocycles. The highest BCUT2D eigenvalue weighted by Crippen LogP contribution is 2.19. The second kappa shape index (κ2) is 5.64. The third-order valence-electron chi connectivity index (χ3n) is 2.55. The van der Waals surface area contributed by atoms with Crippen molar-refractivity contribution in [2.75, 3.05) is 11.4 Å². The Morgan fingerprint density at radius 1 is 1.38 bits per heavy atom. The van der Waals surface area contributed by atoms with Gasteiger partial charge in [-0.05, 0) is 38.0 Å². The molecule has 0 aromatic heterocycles. The fourth-order valence-electron chi connectivity index (χ4n) is 1.60. The molecule has 0 N–H and O–H groups in total. The lowest BCUT2D eigenvalue weighted by Gasteiger charge is -2.21. The molecule has 0 unspecified atom stereocenters. The first-order valence-electron chi connectivity index (χ1n) is 5.66. The number of hydrogen-bond donors (Lipinski definition) is 0. The summed E-state index contributed by atoms with van der Waals surface area (Å²) in [6, 6.07) is 4.91. The Balaban J connectivity index is 2.95. The maximum atomic E-state index is 13.4. The van der Waals surface area contributed by atoms with Crippen LogP contribution in [0.2, 0.25) is 0 Å². The number of halogens is 1. The summed E-state index contributed by atoms with van der Waals surface area (Å²) in [5.41, 5.74) is 1.24. The molecule has 0 fully saturated rings. The van der Waals surface area contributed by atoms with Gasteiger partial charge in [0.15, 0.2) is 0 Å². The molecule has 0 aliphatic carbocycles. The largest absolute Gasteiger partial charge is 0.313 e. The van der Waals surface area contributed by atoms with Gasteiger partial charge in [-0.3, -0.25) is 4.79 Å². The van der Waals surface area contributed by atoms with E-state index in [1.54, 1.807) is 24.0 Å². The quantitative estimate of drug-likeness (QED) is 0.767. The van der Waals surface area contributed by atoms with E-state index in [1.165, 1.54) is 6.07 Å². The van der Waals surface area contributed by atoms with Crippen molar-refractivity contribution in [2.24, 2.45) is 0 Å². The Labute approximate surface area is 96.1 Å². The van der Waals surface area contributed by atoms with Crippen molar-refractivity contribution < 1.29 is 9.18 Å². The van der Waals surface area contributed by atoms with Gasteiger partial charge in [0.25, 0.3) is 0 Å². The van der Waals surface area contributed by atoms with E-state index < -0.39 is 0 Å². The van der Waals surface area contributed by atoms with E-state index in [0.717, 1.165) is 6.42 Å². The molecule has 0 saturated heterocycles. The molecular formula is C13H18FNO. The number of benzene rings is 1. The number of anilines is 1. The second-order valence-electron chi connectivity index (χ2n) is 3.82. The van der Waals surface area contributed by atoms with Crippen LogP contribution in [0.25, 0.3) is 0 Å². The van der Waals surface area contributed by atoms with Gasteiger partial charge in [0.05, 0.1) is 0 Å². The lowest BCUT2D eigenvalue weighted by atomic mass is 10.2. The molecule has 88 valence electrons.